The fraction of sp³-hybridized carbons (Fsp3) is 0.231. The first kappa shape index (κ1) is 26.4. The first-order chi connectivity index (χ1) is 16.4. The molecule has 2 amide bonds. The number of nitrogens with zero attached hydrogens (tertiary/aromatic N) is 1. The highest BCUT2D eigenvalue weighted by Crippen LogP contribution is 2.28. The molecule has 1 N–H and O–H groups in total. The Morgan fingerprint density at radius 1 is 0.882 bits per heavy atom. The monoisotopic (exact) mass is 534 g/mol. The number of carbonyl (C=O) groups excluding carboxylic acids is 2. The highest BCUT2D eigenvalue weighted by atomic mass is 35.5. The van der Waals surface area contributed by atoms with Crippen LogP contribution in [-0.4, -0.2) is 35.6 Å². The predicted molar refractivity (Wildman–Crippen MR) is 143 cm³/mol. The second-order valence-corrected chi connectivity index (χ2v) is 9.83. The Balaban J connectivity index is 1.87. The highest BCUT2D eigenvalue weighted by Gasteiger charge is 2.30. The zero-order valence-corrected chi connectivity index (χ0v) is 21.7. The zero-order chi connectivity index (χ0) is 24.5. The number of halogens is 3. The third-order valence-electron chi connectivity index (χ3n) is 5.35. The minimum atomic E-state index is -0.729. The topological polar surface area (TPSA) is 49.4 Å². The van der Waals surface area contributed by atoms with Gasteiger partial charge in [-0.15, -0.1) is 11.8 Å². The summed E-state index contributed by atoms with van der Waals surface area (Å²) in [6.07, 6.45) is 0.365. The van der Waals surface area contributed by atoms with Gasteiger partial charge >= 0.3 is 0 Å². The number of rotatable bonds is 10. The maximum absolute atomic E-state index is 13.5. The smallest absolute Gasteiger partial charge is 0.242 e. The number of hydrogen-bond donors (Lipinski definition) is 1. The molecule has 178 valence electrons. The van der Waals surface area contributed by atoms with Crippen LogP contribution in [0.1, 0.15) is 16.7 Å². The fourth-order valence-corrected chi connectivity index (χ4v) is 5.23. The van der Waals surface area contributed by atoms with Gasteiger partial charge in [0.05, 0.1) is 5.75 Å². The summed E-state index contributed by atoms with van der Waals surface area (Å²) in [5.41, 5.74) is 2.51. The van der Waals surface area contributed by atoms with Crippen LogP contribution < -0.4 is 5.32 Å². The minimum absolute atomic E-state index is 0.120. The molecule has 0 heterocycles. The summed E-state index contributed by atoms with van der Waals surface area (Å²) >= 11 is 20.5. The Labute approximate surface area is 219 Å². The van der Waals surface area contributed by atoms with Crippen LogP contribution in [0.2, 0.25) is 15.1 Å². The molecule has 0 saturated heterocycles. The summed E-state index contributed by atoms with van der Waals surface area (Å²) in [5.74, 6) is 0.319. The van der Waals surface area contributed by atoms with Gasteiger partial charge in [0.1, 0.15) is 6.04 Å². The Kier molecular flexibility index (Phi) is 10.1. The number of carbonyl (C=O) groups is 2. The van der Waals surface area contributed by atoms with E-state index in [1.165, 1.54) is 11.8 Å². The molecule has 0 aliphatic carbocycles. The Morgan fingerprint density at radius 2 is 1.50 bits per heavy atom. The lowest BCUT2D eigenvalue weighted by Crippen LogP contribution is -2.50. The normalized spacial score (nSPS) is 11.6. The minimum Gasteiger partial charge on any atom is -0.357 e. The summed E-state index contributed by atoms with van der Waals surface area (Å²) in [6.45, 7) is 0.120. The molecule has 3 aromatic carbocycles. The van der Waals surface area contributed by atoms with Gasteiger partial charge in [-0.2, -0.15) is 0 Å². The number of thioether (sulfide) groups is 1. The molecule has 0 aromatic heterocycles. The number of likely N-dealkylation sites (N-methyl/N-ethyl adjacent to an activating group) is 1. The lowest BCUT2D eigenvalue weighted by Gasteiger charge is -2.31. The Hall–Kier alpha value is -2.18. The molecule has 0 saturated carbocycles. The van der Waals surface area contributed by atoms with Crippen LogP contribution in [0.4, 0.5) is 0 Å². The zero-order valence-electron chi connectivity index (χ0n) is 18.6. The quantitative estimate of drug-likeness (QED) is 0.333. The summed E-state index contributed by atoms with van der Waals surface area (Å²) in [4.78, 5) is 28.0. The van der Waals surface area contributed by atoms with Crippen molar-refractivity contribution in [1.29, 1.82) is 0 Å². The third kappa shape index (κ3) is 7.16. The number of hydrogen-bond acceptors (Lipinski definition) is 3. The van der Waals surface area contributed by atoms with Crippen molar-refractivity contribution < 1.29 is 9.59 Å². The van der Waals surface area contributed by atoms with Crippen molar-refractivity contribution in [2.45, 2.75) is 24.8 Å². The lowest BCUT2D eigenvalue weighted by molar-refractivity contribution is -0.139. The second kappa shape index (κ2) is 13.1. The van der Waals surface area contributed by atoms with Crippen molar-refractivity contribution >= 4 is 58.4 Å². The second-order valence-electron chi connectivity index (χ2n) is 7.63. The highest BCUT2D eigenvalue weighted by molar-refractivity contribution is 7.99. The van der Waals surface area contributed by atoms with Gasteiger partial charge in [-0.3, -0.25) is 9.59 Å². The molecular weight excluding hydrogens is 511 g/mol. The first-order valence-electron chi connectivity index (χ1n) is 10.7. The van der Waals surface area contributed by atoms with Crippen molar-refractivity contribution in [3.05, 3.63) is 105 Å². The number of amides is 2. The van der Waals surface area contributed by atoms with Crippen LogP contribution in [0.25, 0.3) is 0 Å². The van der Waals surface area contributed by atoms with Gasteiger partial charge in [0.25, 0.3) is 0 Å². The van der Waals surface area contributed by atoms with Gasteiger partial charge in [0.15, 0.2) is 0 Å². The average molecular weight is 536 g/mol. The maximum Gasteiger partial charge on any atom is 0.242 e. The molecular formula is C26H25Cl3N2O2S. The molecule has 34 heavy (non-hydrogen) atoms. The first-order valence-corrected chi connectivity index (χ1v) is 13.0. The van der Waals surface area contributed by atoms with E-state index in [2.05, 4.69) is 5.32 Å². The van der Waals surface area contributed by atoms with Crippen molar-refractivity contribution in [3.8, 4) is 0 Å². The summed E-state index contributed by atoms with van der Waals surface area (Å²) in [7, 11) is 1.57. The molecule has 0 aliphatic heterocycles. The van der Waals surface area contributed by atoms with Crippen LogP contribution >= 0.6 is 46.6 Å². The summed E-state index contributed by atoms with van der Waals surface area (Å²) < 4.78 is 0. The van der Waals surface area contributed by atoms with E-state index in [-0.39, 0.29) is 24.1 Å². The maximum atomic E-state index is 13.5. The lowest BCUT2D eigenvalue weighted by atomic mass is 10.0. The van der Waals surface area contributed by atoms with Crippen molar-refractivity contribution in [2.24, 2.45) is 0 Å². The molecule has 0 fully saturated rings. The fourth-order valence-electron chi connectivity index (χ4n) is 3.52. The van der Waals surface area contributed by atoms with Gasteiger partial charge in [0.2, 0.25) is 11.8 Å². The van der Waals surface area contributed by atoms with Gasteiger partial charge in [-0.25, -0.2) is 0 Å². The SMILES string of the molecule is CNC(=O)[C@@H](Cc1ccccc1)N(Cc1c(Cl)cccc1Cl)C(=O)CSCc1ccccc1Cl. The van der Waals surface area contributed by atoms with E-state index in [9.17, 15) is 9.59 Å². The van der Waals surface area contributed by atoms with E-state index < -0.39 is 6.04 Å². The third-order valence-corrected chi connectivity index (χ3v) is 7.39. The van der Waals surface area contributed by atoms with E-state index >= 15 is 0 Å². The number of benzene rings is 3. The molecule has 0 aliphatic rings. The van der Waals surface area contributed by atoms with E-state index in [1.807, 2.05) is 54.6 Å². The van der Waals surface area contributed by atoms with Crippen LogP contribution in [0.3, 0.4) is 0 Å². The molecule has 0 radical (unpaired) electrons. The van der Waals surface area contributed by atoms with Gasteiger partial charge < -0.3 is 10.2 Å². The largest absolute Gasteiger partial charge is 0.357 e. The van der Waals surface area contributed by atoms with E-state index in [4.69, 9.17) is 34.8 Å². The van der Waals surface area contributed by atoms with Crippen LogP contribution in [0.15, 0.2) is 72.8 Å². The van der Waals surface area contributed by atoms with E-state index in [1.54, 1.807) is 30.1 Å². The molecule has 0 spiro atoms. The van der Waals surface area contributed by atoms with Gasteiger partial charge in [-0.05, 0) is 29.3 Å². The van der Waals surface area contributed by atoms with E-state index in [0.29, 0.717) is 32.8 Å². The molecule has 3 aromatic rings. The Bertz CT molecular complexity index is 1110. The molecule has 0 bridgehead atoms. The van der Waals surface area contributed by atoms with Gasteiger partial charge in [-0.1, -0.05) is 89.4 Å². The average Bonchev–Trinajstić information content (AvgIpc) is 2.84. The molecule has 8 heteroatoms. The van der Waals surface area contributed by atoms with Crippen LogP contribution in [0, 0.1) is 0 Å². The Morgan fingerprint density at radius 3 is 2.15 bits per heavy atom. The summed E-state index contributed by atoms with van der Waals surface area (Å²) in [5, 5.41) is 4.26. The van der Waals surface area contributed by atoms with Gasteiger partial charge in [0, 0.05) is 46.4 Å². The molecule has 1 atom stereocenters. The van der Waals surface area contributed by atoms with Crippen LogP contribution in [-0.2, 0) is 28.3 Å². The van der Waals surface area contributed by atoms with E-state index in [0.717, 1.165) is 11.1 Å². The summed E-state index contributed by atoms with van der Waals surface area (Å²) in [6, 6.07) is 21.6. The van der Waals surface area contributed by atoms with Crippen LogP contribution in [0.5, 0.6) is 0 Å². The van der Waals surface area contributed by atoms with Crippen molar-refractivity contribution in [2.75, 3.05) is 12.8 Å². The molecule has 4 nitrogen and oxygen atoms in total. The molecule has 0 unspecified atom stereocenters. The predicted octanol–water partition coefficient (Wildman–Crippen LogP) is 6.27. The standard InChI is InChI=1S/C26H25Cl3N2O2S/c1-30-26(33)24(14-18-8-3-2-4-9-18)31(15-20-22(28)12-7-13-23(20)29)25(32)17-34-16-19-10-5-6-11-21(19)27/h2-13,24H,14-17H2,1H3,(H,30,33)/t24-/m1/s1. The van der Waals surface area contributed by atoms with Crippen molar-refractivity contribution in [3.63, 3.8) is 0 Å². The molecule has 3 rings (SSSR count). The van der Waals surface area contributed by atoms with Crippen molar-refractivity contribution in [1.82, 2.24) is 10.2 Å². The number of nitrogens with one attached hydrogen (secondary N) is 1.